The maximum atomic E-state index is 11.2. The molecule has 0 aliphatic heterocycles. The van der Waals surface area contributed by atoms with Gasteiger partial charge in [0.1, 0.15) is 0 Å². The van der Waals surface area contributed by atoms with E-state index in [4.69, 9.17) is 0 Å². The van der Waals surface area contributed by atoms with Gasteiger partial charge < -0.3 is 10.4 Å². The predicted molar refractivity (Wildman–Crippen MR) is 41.3 cm³/mol. The highest BCUT2D eigenvalue weighted by Gasteiger charge is 2.31. The highest BCUT2D eigenvalue weighted by Crippen LogP contribution is 2.08. The molecule has 0 radical (unpaired) electrons. The summed E-state index contributed by atoms with van der Waals surface area (Å²) in [5, 5.41) is 24.7. The van der Waals surface area contributed by atoms with Crippen molar-refractivity contribution in [3.05, 3.63) is 26.7 Å². The fourth-order valence-corrected chi connectivity index (χ4v) is 1.29. The van der Waals surface area contributed by atoms with Gasteiger partial charge in [-0.1, -0.05) is 9.79 Å². The smallest absolute Gasteiger partial charge is 0.353 e. The van der Waals surface area contributed by atoms with Gasteiger partial charge in [0.15, 0.2) is 4.60 Å². The van der Waals surface area contributed by atoms with Crippen LogP contribution in [0.2, 0.25) is 0 Å². The van der Waals surface area contributed by atoms with Crippen molar-refractivity contribution in [1.29, 1.82) is 0 Å². The molecule has 2 heterocycles. The fraction of sp³-hybridized carbons (Fsp3) is 0.333. The number of fused-ring (bicyclic) bond motifs is 1. The van der Waals surface area contributed by atoms with Gasteiger partial charge in [-0.2, -0.15) is 0 Å². The third-order valence-electron chi connectivity index (χ3n) is 2.09. The van der Waals surface area contributed by atoms with Crippen LogP contribution in [0.1, 0.15) is 11.4 Å². The van der Waals surface area contributed by atoms with Gasteiger partial charge in [-0.3, -0.25) is 0 Å². The van der Waals surface area contributed by atoms with Crippen molar-refractivity contribution in [2.75, 3.05) is 0 Å². The molecule has 0 spiro atoms. The summed E-state index contributed by atoms with van der Waals surface area (Å²) in [4.78, 5) is 11.3. The molecule has 0 bridgehead atoms. The molecule has 0 saturated heterocycles. The molecule has 0 aromatic carbocycles. The zero-order valence-corrected chi connectivity index (χ0v) is 7.47. The lowest BCUT2D eigenvalue weighted by Crippen LogP contribution is -2.64. The normalized spacial score (nSPS) is 11.0. The second-order valence-electron chi connectivity index (χ2n) is 2.89. The quantitative estimate of drug-likeness (QED) is 0.414. The van der Waals surface area contributed by atoms with E-state index in [9.17, 15) is 15.3 Å². The average molecular weight is 199 g/mol. The van der Waals surface area contributed by atoms with Gasteiger partial charge in [0.05, 0.1) is 9.69 Å². The highest BCUT2D eigenvalue weighted by atomic mass is 16.7. The molecule has 8 heteroatoms. The number of aromatic nitrogens is 4. The molecule has 2 aromatic heterocycles. The number of hydrogen-bond donors (Lipinski definition) is 1. The number of nitrogens with one attached hydrogen (secondary N) is 1. The molecule has 0 fully saturated rings. The van der Waals surface area contributed by atoms with Crippen LogP contribution in [0, 0.1) is 29.2 Å². The van der Waals surface area contributed by atoms with Crippen molar-refractivity contribution in [3.63, 3.8) is 0 Å². The van der Waals surface area contributed by atoms with Gasteiger partial charge in [-0.05, 0) is 4.91 Å². The minimum atomic E-state index is -0.0133. The Morgan fingerprint density at radius 2 is 1.79 bits per heavy atom. The van der Waals surface area contributed by atoms with Gasteiger partial charge in [-0.25, -0.2) is 0 Å². The van der Waals surface area contributed by atoms with Crippen LogP contribution in [-0.2, 0) is 0 Å². The van der Waals surface area contributed by atoms with Crippen molar-refractivity contribution in [1.82, 2.24) is 5.16 Å². The molecule has 0 amide bonds. The summed E-state index contributed by atoms with van der Waals surface area (Å²) in [6.07, 6.45) is 0. The summed E-state index contributed by atoms with van der Waals surface area (Å²) < 4.78 is 4.58. The Bertz CT molecular complexity index is 569. The predicted octanol–water partition coefficient (Wildman–Crippen LogP) is -1.44. The van der Waals surface area contributed by atoms with Crippen LogP contribution in [0.3, 0.4) is 0 Å². The average Bonchev–Trinajstić information content (AvgIpc) is 2.54. The van der Waals surface area contributed by atoms with E-state index in [1.165, 1.54) is 13.8 Å². The SMILES string of the molecule is Cc1c2[nH]o[n+](=O)c2c(C)[n+]([O-])[n+]1[O-]. The zero-order chi connectivity index (χ0) is 10.5. The Labute approximate surface area is 76.7 Å². The molecule has 2 aromatic rings. The van der Waals surface area contributed by atoms with E-state index in [0.717, 1.165) is 0 Å². The third-order valence-corrected chi connectivity index (χ3v) is 2.09. The number of rotatable bonds is 0. The minimum Gasteiger partial charge on any atom is -0.561 e. The molecule has 0 unspecified atom stereocenters. The summed E-state index contributed by atoms with van der Waals surface area (Å²) in [7, 11) is 0. The first-order valence-electron chi connectivity index (χ1n) is 3.81. The van der Waals surface area contributed by atoms with E-state index in [1.807, 2.05) is 0 Å². The number of aryl methyl sites for hydroxylation is 2. The van der Waals surface area contributed by atoms with Crippen LogP contribution >= 0.6 is 0 Å². The molecule has 0 aliphatic rings. The molecule has 0 aliphatic carbocycles. The third kappa shape index (κ3) is 0.817. The molecule has 0 saturated carbocycles. The van der Waals surface area contributed by atoms with E-state index >= 15 is 0 Å². The van der Waals surface area contributed by atoms with Crippen molar-refractivity contribution >= 4 is 11.0 Å². The zero-order valence-electron chi connectivity index (χ0n) is 7.47. The van der Waals surface area contributed by atoms with Crippen molar-refractivity contribution in [3.8, 4) is 0 Å². The number of hydrogen-bond acceptors (Lipinski definition) is 4. The van der Waals surface area contributed by atoms with Gasteiger partial charge in [-0.15, -0.1) is 0 Å². The maximum Gasteiger partial charge on any atom is 0.353 e. The minimum absolute atomic E-state index is 0.0133. The van der Waals surface area contributed by atoms with E-state index in [1.54, 1.807) is 0 Å². The van der Waals surface area contributed by atoms with Crippen LogP contribution in [0.25, 0.3) is 11.0 Å². The largest absolute Gasteiger partial charge is 0.561 e. The molecule has 2 rings (SSSR count). The van der Waals surface area contributed by atoms with E-state index in [-0.39, 0.29) is 36.7 Å². The molecule has 14 heavy (non-hydrogen) atoms. The highest BCUT2D eigenvalue weighted by molar-refractivity contribution is 5.72. The Morgan fingerprint density at radius 3 is 2.43 bits per heavy atom. The monoisotopic (exact) mass is 199 g/mol. The molecule has 8 nitrogen and oxygen atoms in total. The summed E-state index contributed by atoms with van der Waals surface area (Å²) in [5.41, 5.74) is 0.323. The van der Waals surface area contributed by atoms with Crippen LogP contribution < -0.4 is 14.3 Å². The molecular weight excluding hydrogens is 192 g/mol. The summed E-state index contributed by atoms with van der Waals surface area (Å²) in [5.74, 6) is 0. The van der Waals surface area contributed by atoms with E-state index in [2.05, 4.69) is 9.79 Å². The number of nitrogens with zero attached hydrogens (tertiary/aromatic N) is 3. The number of aromatic amines is 1. The lowest BCUT2D eigenvalue weighted by atomic mass is 10.3. The van der Waals surface area contributed by atoms with Crippen LogP contribution in [0.4, 0.5) is 0 Å². The molecule has 0 atom stereocenters. The van der Waals surface area contributed by atoms with Crippen molar-refractivity contribution in [2.24, 2.45) is 0 Å². The molecule has 74 valence electrons. The van der Waals surface area contributed by atoms with Crippen LogP contribution in [0.15, 0.2) is 4.63 Å². The van der Waals surface area contributed by atoms with Crippen molar-refractivity contribution < 1.29 is 18.9 Å². The second-order valence-corrected chi connectivity index (χ2v) is 2.89. The Hall–Kier alpha value is -2.12. The molecule has 1 N–H and O–H groups in total. The van der Waals surface area contributed by atoms with E-state index < -0.39 is 0 Å². The summed E-state index contributed by atoms with van der Waals surface area (Å²) >= 11 is 0. The van der Waals surface area contributed by atoms with E-state index in [0.29, 0.717) is 0 Å². The second kappa shape index (κ2) is 2.44. The summed E-state index contributed by atoms with van der Waals surface area (Å²) in [6, 6.07) is 0. The first kappa shape index (κ1) is 8.48. The van der Waals surface area contributed by atoms with Crippen molar-refractivity contribution in [2.45, 2.75) is 13.8 Å². The first-order chi connectivity index (χ1) is 6.54. The Morgan fingerprint density at radius 1 is 1.21 bits per heavy atom. The Kier molecular flexibility index (Phi) is 1.48. The lowest BCUT2D eigenvalue weighted by Gasteiger charge is -1.98. The number of H-pyrrole nitrogens is 1. The Balaban J connectivity index is 3.13. The topological polar surface area (TPSA) is 106 Å². The first-order valence-corrected chi connectivity index (χ1v) is 3.81. The summed E-state index contributed by atoms with van der Waals surface area (Å²) in [6.45, 7) is 2.77. The molecular formula is C6H7N4O4+. The van der Waals surface area contributed by atoms with Crippen LogP contribution in [-0.4, -0.2) is 5.16 Å². The van der Waals surface area contributed by atoms with Gasteiger partial charge in [0.2, 0.25) is 0 Å². The van der Waals surface area contributed by atoms with Crippen LogP contribution in [0.5, 0.6) is 0 Å². The lowest BCUT2D eigenvalue weighted by molar-refractivity contribution is -1.19. The maximum absolute atomic E-state index is 11.2. The standard InChI is InChI=1S/C6H7N4O4/c1-3-5-6(10(13)14-7-5)4(2)9(12)8(3)11/h7H,1-2H3/q+1. The van der Waals surface area contributed by atoms with Gasteiger partial charge >= 0.3 is 22.4 Å². The fourth-order valence-electron chi connectivity index (χ4n) is 1.29. The van der Waals surface area contributed by atoms with Gasteiger partial charge in [0.25, 0.3) is 0 Å². The van der Waals surface area contributed by atoms with Gasteiger partial charge in [0, 0.05) is 13.8 Å².